The number of hydrogen-bond acceptors (Lipinski definition) is 3. The van der Waals surface area contributed by atoms with Gasteiger partial charge in [0.1, 0.15) is 6.04 Å². The zero-order chi connectivity index (χ0) is 16.1. The maximum atomic E-state index is 12.9. The lowest BCUT2D eigenvalue weighted by Crippen LogP contribution is -2.43. The number of hydrogen-bond donors (Lipinski definition) is 1. The summed E-state index contributed by atoms with van der Waals surface area (Å²) in [5.41, 5.74) is 2.98. The number of ether oxygens (including phenoxy) is 1. The summed E-state index contributed by atoms with van der Waals surface area (Å²) in [7, 11) is 0. The lowest BCUT2D eigenvalue weighted by molar-refractivity contribution is -0.123. The maximum Gasteiger partial charge on any atom is 0.246 e. The third-order valence-electron chi connectivity index (χ3n) is 4.06. The van der Waals surface area contributed by atoms with Crippen LogP contribution in [0.4, 0.5) is 5.69 Å². The van der Waals surface area contributed by atoms with Crippen LogP contribution in [0.5, 0.6) is 0 Å². The first kappa shape index (κ1) is 15.7. The second-order valence-electron chi connectivity index (χ2n) is 5.82. The maximum absolute atomic E-state index is 12.9. The van der Waals surface area contributed by atoms with Crippen molar-refractivity contribution < 1.29 is 9.53 Å². The Morgan fingerprint density at radius 3 is 2.52 bits per heavy atom. The first-order valence-corrected chi connectivity index (χ1v) is 7.98. The van der Waals surface area contributed by atoms with Crippen LogP contribution in [0, 0.1) is 6.92 Å². The van der Waals surface area contributed by atoms with Crippen molar-refractivity contribution in [3.05, 3.63) is 65.7 Å². The van der Waals surface area contributed by atoms with Gasteiger partial charge in [0, 0.05) is 18.8 Å². The van der Waals surface area contributed by atoms with Crippen molar-refractivity contribution in [2.75, 3.05) is 31.6 Å². The molecule has 1 heterocycles. The van der Waals surface area contributed by atoms with Gasteiger partial charge in [0.2, 0.25) is 5.91 Å². The highest BCUT2D eigenvalue weighted by Crippen LogP contribution is 2.24. The van der Waals surface area contributed by atoms with Crippen LogP contribution in [-0.2, 0) is 9.53 Å². The number of carbonyl (C=O) groups excluding carboxylic acids is 1. The molecule has 1 N–H and O–H groups in total. The summed E-state index contributed by atoms with van der Waals surface area (Å²) in [4.78, 5) is 15.1. The third-order valence-corrected chi connectivity index (χ3v) is 4.06. The van der Waals surface area contributed by atoms with Crippen LogP contribution in [-0.4, -0.2) is 37.1 Å². The zero-order valence-corrected chi connectivity index (χ0v) is 13.4. The Morgan fingerprint density at radius 2 is 1.83 bits per heavy atom. The number of morpholine rings is 1. The van der Waals surface area contributed by atoms with Gasteiger partial charge in [-0.05, 0) is 30.2 Å². The van der Waals surface area contributed by atoms with E-state index < -0.39 is 0 Å². The normalized spacial score (nSPS) is 16.7. The van der Waals surface area contributed by atoms with Gasteiger partial charge in [-0.2, -0.15) is 0 Å². The Kier molecular flexibility index (Phi) is 5.05. The molecule has 2 aromatic rings. The van der Waals surface area contributed by atoms with Crippen LogP contribution in [0.1, 0.15) is 17.2 Å². The molecule has 3 rings (SSSR count). The van der Waals surface area contributed by atoms with Crippen LogP contribution in [0.25, 0.3) is 0 Å². The van der Waals surface area contributed by atoms with Gasteiger partial charge in [0.05, 0.1) is 13.2 Å². The fraction of sp³-hybridized carbons (Fsp3) is 0.316. The Labute approximate surface area is 137 Å². The highest BCUT2D eigenvalue weighted by Gasteiger charge is 2.28. The monoisotopic (exact) mass is 310 g/mol. The molecular formula is C19H22N2O2. The number of rotatable bonds is 4. The summed E-state index contributed by atoms with van der Waals surface area (Å²) in [5.74, 6) is 0.00343. The number of benzene rings is 2. The minimum atomic E-state index is -0.291. The molecule has 120 valence electrons. The van der Waals surface area contributed by atoms with E-state index in [9.17, 15) is 4.79 Å². The molecule has 2 aromatic carbocycles. The molecule has 1 fully saturated rings. The van der Waals surface area contributed by atoms with E-state index in [4.69, 9.17) is 4.74 Å². The van der Waals surface area contributed by atoms with Crippen molar-refractivity contribution >= 4 is 11.6 Å². The van der Waals surface area contributed by atoms with Crippen LogP contribution in [0.15, 0.2) is 54.6 Å². The molecule has 4 nitrogen and oxygen atoms in total. The highest BCUT2D eigenvalue weighted by molar-refractivity contribution is 5.95. The summed E-state index contributed by atoms with van der Waals surface area (Å²) in [6.45, 7) is 4.88. The molecule has 0 bridgehead atoms. The summed E-state index contributed by atoms with van der Waals surface area (Å²) >= 11 is 0. The standard InChI is InChI=1S/C19H22N2O2/c1-15-6-5-9-17(14-15)20-19(22)18(16-7-3-2-4-8-16)21-10-12-23-13-11-21/h2-9,14,18H,10-13H2,1H3,(H,20,22)/t18-/m1/s1. The first-order valence-electron chi connectivity index (χ1n) is 7.98. The summed E-state index contributed by atoms with van der Waals surface area (Å²) in [6, 6.07) is 17.5. The Bertz CT molecular complexity index is 651. The second kappa shape index (κ2) is 7.40. The predicted octanol–water partition coefficient (Wildman–Crippen LogP) is 3.01. The lowest BCUT2D eigenvalue weighted by atomic mass is 10.0. The smallest absolute Gasteiger partial charge is 0.246 e. The highest BCUT2D eigenvalue weighted by atomic mass is 16.5. The molecule has 0 radical (unpaired) electrons. The van der Waals surface area contributed by atoms with Gasteiger partial charge >= 0.3 is 0 Å². The van der Waals surface area contributed by atoms with Gasteiger partial charge < -0.3 is 10.1 Å². The molecule has 0 aliphatic carbocycles. The molecular weight excluding hydrogens is 288 g/mol. The average Bonchev–Trinajstić information content (AvgIpc) is 2.57. The molecule has 23 heavy (non-hydrogen) atoms. The van der Waals surface area contributed by atoms with Crippen LogP contribution in [0.3, 0.4) is 0 Å². The molecule has 1 aliphatic heterocycles. The van der Waals surface area contributed by atoms with Gasteiger partial charge in [0.25, 0.3) is 0 Å². The van der Waals surface area contributed by atoms with E-state index in [1.165, 1.54) is 0 Å². The van der Waals surface area contributed by atoms with Crippen molar-refractivity contribution in [3.8, 4) is 0 Å². The van der Waals surface area contributed by atoms with E-state index in [0.29, 0.717) is 13.2 Å². The van der Waals surface area contributed by atoms with E-state index >= 15 is 0 Å². The molecule has 1 aliphatic rings. The Balaban J connectivity index is 1.83. The number of aryl methyl sites for hydroxylation is 1. The Morgan fingerprint density at radius 1 is 1.09 bits per heavy atom. The number of nitrogens with one attached hydrogen (secondary N) is 1. The molecule has 1 amide bonds. The van der Waals surface area contributed by atoms with Gasteiger partial charge in [-0.1, -0.05) is 42.5 Å². The average molecular weight is 310 g/mol. The fourth-order valence-corrected chi connectivity index (χ4v) is 2.93. The quantitative estimate of drug-likeness (QED) is 0.944. The molecule has 0 aromatic heterocycles. The van der Waals surface area contributed by atoms with Crippen molar-refractivity contribution in [2.24, 2.45) is 0 Å². The van der Waals surface area contributed by atoms with E-state index in [1.54, 1.807) is 0 Å². The number of amides is 1. The molecule has 0 unspecified atom stereocenters. The Hall–Kier alpha value is -2.17. The molecule has 1 saturated heterocycles. The molecule has 1 atom stereocenters. The predicted molar refractivity (Wildman–Crippen MR) is 91.4 cm³/mol. The third kappa shape index (κ3) is 3.97. The van der Waals surface area contributed by atoms with E-state index in [1.807, 2.05) is 61.5 Å². The van der Waals surface area contributed by atoms with Gasteiger partial charge in [-0.25, -0.2) is 0 Å². The molecule has 0 spiro atoms. The summed E-state index contributed by atoms with van der Waals surface area (Å²) in [6.07, 6.45) is 0. The largest absolute Gasteiger partial charge is 0.379 e. The number of nitrogens with zero attached hydrogens (tertiary/aromatic N) is 1. The van der Waals surface area contributed by atoms with Crippen LogP contribution < -0.4 is 5.32 Å². The van der Waals surface area contributed by atoms with Crippen molar-refractivity contribution in [2.45, 2.75) is 13.0 Å². The summed E-state index contributed by atoms with van der Waals surface area (Å²) < 4.78 is 5.43. The SMILES string of the molecule is Cc1cccc(NC(=O)[C@@H](c2ccccc2)N2CCOCC2)c1. The fourth-order valence-electron chi connectivity index (χ4n) is 2.93. The minimum Gasteiger partial charge on any atom is -0.379 e. The van der Waals surface area contributed by atoms with E-state index in [-0.39, 0.29) is 11.9 Å². The number of carbonyl (C=O) groups is 1. The number of anilines is 1. The van der Waals surface area contributed by atoms with Crippen molar-refractivity contribution in [3.63, 3.8) is 0 Å². The first-order chi connectivity index (χ1) is 11.2. The van der Waals surface area contributed by atoms with Crippen molar-refractivity contribution in [1.29, 1.82) is 0 Å². The van der Waals surface area contributed by atoms with Gasteiger partial charge in [0.15, 0.2) is 0 Å². The van der Waals surface area contributed by atoms with Crippen LogP contribution >= 0.6 is 0 Å². The van der Waals surface area contributed by atoms with Gasteiger partial charge in [-0.3, -0.25) is 9.69 Å². The minimum absolute atomic E-state index is 0.00343. The van der Waals surface area contributed by atoms with Crippen molar-refractivity contribution in [1.82, 2.24) is 4.90 Å². The van der Waals surface area contributed by atoms with E-state index in [2.05, 4.69) is 10.2 Å². The molecule has 4 heteroatoms. The van der Waals surface area contributed by atoms with Gasteiger partial charge in [-0.15, -0.1) is 0 Å². The topological polar surface area (TPSA) is 41.6 Å². The lowest BCUT2D eigenvalue weighted by Gasteiger charge is -2.33. The summed E-state index contributed by atoms with van der Waals surface area (Å²) in [5, 5.41) is 3.06. The second-order valence-corrected chi connectivity index (χ2v) is 5.82. The zero-order valence-electron chi connectivity index (χ0n) is 13.4. The van der Waals surface area contributed by atoms with Crippen LogP contribution in [0.2, 0.25) is 0 Å². The van der Waals surface area contributed by atoms with E-state index in [0.717, 1.165) is 29.9 Å². The molecule has 0 saturated carbocycles.